The van der Waals surface area contributed by atoms with Crippen molar-refractivity contribution < 1.29 is 148 Å². The van der Waals surface area contributed by atoms with Crippen molar-refractivity contribution in [1.29, 1.82) is 0 Å². The molecule has 27 heteroatoms. The van der Waals surface area contributed by atoms with E-state index in [9.17, 15) is 64.0 Å². The van der Waals surface area contributed by atoms with Gasteiger partial charge in [0, 0.05) is 6.07 Å². The van der Waals surface area contributed by atoms with Crippen LogP contribution in [0.15, 0.2) is 101 Å². The van der Waals surface area contributed by atoms with Crippen molar-refractivity contribution in [2.75, 3.05) is 5.01 Å². The van der Waals surface area contributed by atoms with Gasteiger partial charge in [-0.05, 0) is 48.7 Å². The van der Waals surface area contributed by atoms with E-state index in [1.807, 2.05) is 0 Å². The SMILES string of the molecule is CC1=NN(c2ccccc2)C(=O)C1N=Nc1cc(S(=O)(=O)[O-])cc2cc(S(=O)(=O)[O-])c(N=Nc3cc(S(=O)(=O)[O-])cc([N+](=O)[O-])c3O)c(O)c12.[Na+].[Na+].[Na+]. The Morgan fingerprint density at radius 1 is 0.774 bits per heavy atom. The second-order valence-electron chi connectivity index (χ2n) is 10.1. The first-order valence-corrected chi connectivity index (χ1v) is 17.4. The van der Waals surface area contributed by atoms with Crippen LogP contribution >= 0.6 is 0 Å². The molecular formula is C26H16N7Na3O14S3. The van der Waals surface area contributed by atoms with E-state index in [0.29, 0.717) is 30.0 Å². The molecule has 0 aromatic heterocycles. The number of rotatable bonds is 9. The Balaban J connectivity index is 0.00000324. The molecule has 5 rings (SSSR count). The summed E-state index contributed by atoms with van der Waals surface area (Å²) in [5, 5.41) is 51.2. The van der Waals surface area contributed by atoms with Crippen molar-refractivity contribution in [2.24, 2.45) is 25.6 Å². The van der Waals surface area contributed by atoms with E-state index in [-0.39, 0.29) is 100 Å². The Kier molecular flexibility index (Phi) is 15.2. The minimum atomic E-state index is -5.68. The second-order valence-corrected chi connectivity index (χ2v) is 14.2. The van der Waals surface area contributed by atoms with Gasteiger partial charge in [0.1, 0.15) is 41.7 Å². The maximum atomic E-state index is 13.1. The Labute approximate surface area is 365 Å². The summed E-state index contributed by atoms with van der Waals surface area (Å²) in [7, 11) is -16.4. The number of amides is 1. The molecule has 1 aliphatic rings. The van der Waals surface area contributed by atoms with Gasteiger partial charge in [-0.25, -0.2) is 25.3 Å². The van der Waals surface area contributed by atoms with E-state index in [4.69, 9.17) is 0 Å². The zero-order valence-corrected chi connectivity index (χ0v) is 35.9. The molecule has 1 atom stereocenters. The number of para-hydroxylation sites is 1. The summed E-state index contributed by atoms with van der Waals surface area (Å²) in [6.45, 7) is 1.41. The van der Waals surface area contributed by atoms with Crippen molar-refractivity contribution in [3.8, 4) is 11.5 Å². The maximum Gasteiger partial charge on any atom is 1.00 e. The average molecular weight is 816 g/mol. The van der Waals surface area contributed by atoms with Gasteiger partial charge in [-0.15, -0.1) is 10.2 Å². The molecule has 0 bridgehead atoms. The summed E-state index contributed by atoms with van der Waals surface area (Å²) >= 11 is 0. The average Bonchev–Trinajstić information content (AvgIpc) is 3.30. The van der Waals surface area contributed by atoms with Crippen LogP contribution in [-0.2, 0) is 35.1 Å². The molecule has 0 fully saturated rings. The summed E-state index contributed by atoms with van der Waals surface area (Å²) in [4.78, 5) is 19.4. The van der Waals surface area contributed by atoms with Crippen LogP contribution < -0.4 is 93.7 Å². The summed E-state index contributed by atoms with van der Waals surface area (Å²) in [6.07, 6.45) is 0. The number of azo groups is 2. The van der Waals surface area contributed by atoms with Gasteiger partial charge in [0.05, 0.1) is 42.1 Å². The molecule has 1 amide bonds. The Morgan fingerprint density at radius 3 is 1.89 bits per heavy atom. The van der Waals surface area contributed by atoms with Crippen LogP contribution in [0.2, 0.25) is 0 Å². The van der Waals surface area contributed by atoms with Crippen molar-refractivity contribution >= 4 is 81.2 Å². The van der Waals surface area contributed by atoms with Crippen molar-refractivity contribution in [1.82, 2.24) is 0 Å². The Bertz CT molecular complexity index is 2570. The zero-order chi connectivity index (χ0) is 36.9. The molecule has 0 saturated heterocycles. The summed E-state index contributed by atoms with van der Waals surface area (Å²) in [5.74, 6) is -3.37. The van der Waals surface area contributed by atoms with E-state index >= 15 is 0 Å². The molecule has 1 unspecified atom stereocenters. The van der Waals surface area contributed by atoms with E-state index in [1.54, 1.807) is 30.3 Å². The third-order valence-electron chi connectivity index (χ3n) is 6.82. The third-order valence-corrected chi connectivity index (χ3v) is 9.30. The number of benzene rings is 4. The molecule has 0 aliphatic carbocycles. The van der Waals surface area contributed by atoms with Crippen LogP contribution in [0.1, 0.15) is 6.92 Å². The number of fused-ring (bicyclic) bond motifs is 1. The van der Waals surface area contributed by atoms with E-state index in [0.717, 1.165) is 5.01 Å². The topological polar surface area (TPSA) is 337 Å². The number of nitro groups is 1. The van der Waals surface area contributed by atoms with Crippen LogP contribution in [0.5, 0.6) is 11.5 Å². The third kappa shape index (κ3) is 9.91. The number of carbonyl (C=O) groups is 1. The van der Waals surface area contributed by atoms with Crippen molar-refractivity contribution in [3.05, 3.63) is 70.8 Å². The molecule has 1 heterocycles. The van der Waals surface area contributed by atoms with Gasteiger partial charge in [-0.1, -0.05) is 18.2 Å². The Hall–Kier alpha value is -2.79. The first kappa shape index (κ1) is 46.4. The number of hydrazone groups is 1. The van der Waals surface area contributed by atoms with Crippen LogP contribution in [0.4, 0.5) is 28.4 Å². The smallest absolute Gasteiger partial charge is 0.744 e. The number of nitro benzene ring substituents is 1. The van der Waals surface area contributed by atoms with E-state index < -0.39 is 107 Å². The van der Waals surface area contributed by atoms with Crippen molar-refractivity contribution in [2.45, 2.75) is 27.7 Å². The number of carbonyl (C=O) groups excluding carboxylic acids is 1. The zero-order valence-electron chi connectivity index (χ0n) is 27.5. The number of phenolic OH excluding ortho intramolecular Hbond substituents is 2. The number of hydrogen-bond donors (Lipinski definition) is 2. The van der Waals surface area contributed by atoms with E-state index in [1.165, 1.54) is 6.92 Å². The maximum absolute atomic E-state index is 13.1. The van der Waals surface area contributed by atoms with Gasteiger partial charge in [-0.3, -0.25) is 14.9 Å². The molecule has 0 radical (unpaired) electrons. The fourth-order valence-electron chi connectivity index (χ4n) is 4.55. The molecule has 0 saturated carbocycles. The van der Waals surface area contributed by atoms with Crippen LogP contribution in [0.3, 0.4) is 0 Å². The quantitative estimate of drug-likeness (QED) is 0.0523. The monoisotopic (exact) mass is 815 g/mol. The molecule has 21 nitrogen and oxygen atoms in total. The van der Waals surface area contributed by atoms with E-state index in [2.05, 4.69) is 25.6 Å². The van der Waals surface area contributed by atoms with Crippen LogP contribution in [0, 0.1) is 10.1 Å². The number of nitrogens with zero attached hydrogens (tertiary/aromatic N) is 7. The molecule has 4 aromatic carbocycles. The Morgan fingerprint density at radius 2 is 1.34 bits per heavy atom. The number of anilines is 1. The summed E-state index contributed by atoms with van der Waals surface area (Å²) in [5.41, 5.74) is -3.91. The first-order valence-electron chi connectivity index (χ1n) is 13.2. The normalized spacial score (nSPS) is 14.9. The van der Waals surface area contributed by atoms with Crippen LogP contribution in [0.25, 0.3) is 10.8 Å². The van der Waals surface area contributed by atoms with Crippen LogP contribution in [-0.4, -0.2) is 71.7 Å². The molecule has 2 N–H and O–H groups in total. The minimum Gasteiger partial charge on any atom is -0.744 e. The van der Waals surface area contributed by atoms with Gasteiger partial charge in [0.15, 0.2) is 11.8 Å². The van der Waals surface area contributed by atoms with Gasteiger partial charge >= 0.3 is 94.4 Å². The largest absolute Gasteiger partial charge is 1.00 e. The van der Waals surface area contributed by atoms with Gasteiger partial charge in [0.2, 0.25) is 5.75 Å². The molecule has 4 aromatic rings. The van der Waals surface area contributed by atoms with Gasteiger partial charge < -0.3 is 23.9 Å². The first-order chi connectivity index (χ1) is 23.2. The summed E-state index contributed by atoms with van der Waals surface area (Å²) < 4.78 is 107. The number of phenols is 2. The number of hydrogen-bond acceptors (Lipinski definition) is 19. The molecule has 53 heavy (non-hydrogen) atoms. The number of aromatic hydroxyl groups is 2. The minimum absolute atomic E-state index is 0. The summed E-state index contributed by atoms with van der Waals surface area (Å²) in [6, 6.07) is 8.82. The molecule has 260 valence electrons. The fraction of sp³-hybridized carbons (Fsp3) is 0.0769. The molecule has 0 spiro atoms. The van der Waals surface area contributed by atoms with Gasteiger partial charge in [-0.2, -0.15) is 20.3 Å². The molecular weight excluding hydrogens is 799 g/mol. The van der Waals surface area contributed by atoms with Crippen molar-refractivity contribution in [3.63, 3.8) is 0 Å². The predicted octanol–water partition coefficient (Wildman–Crippen LogP) is -5.83. The van der Waals surface area contributed by atoms with Gasteiger partial charge in [0.25, 0.3) is 5.91 Å². The second kappa shape index (κ2) is 17.3. The fourth-order valence-corrected chi connectivity index (χ4v) is 6.24. The predicted molar refractivity (Wildman–Crippen MR) is 164 cm³/mol. The standard InChI is InChI=1S/C26H19N7O14S3.3Na/c1-12-22(26(36)32(31-12)14-5-3-2-4-6-14)29-27-17-9-15(48(39,40)41)7-13-8-20(50(45,46)47)23(25(35)21(13)17)30-28-18-10-16(49(42,43)44)11-19(24(18)34)33(37)38;;;/h2-11,22,34-35H,1H3,(H,39,40,41)(H,42,43,44)(H,45,46,47);;;/q;3*+1/p-3. The molecule has 1 aliphatic heterocycles.